The largest absolute Gasteiger partial charge is 0.322 e. The van der Waals surface area contributed by atoms with Crippen LogP contribution in [0.3, 0.4) is 0 Å². The summed E-state index contributed by atoms with van der Waals surface area (Å²) in [6.45, 7) is 9.46. The van der Waals surface area contributed by atoms with Crippen molar-refractivity contribution in [2.45, 2.75) is 66.3 Å². The predicted octanol–water partition coefficient (Wildman–Crippen LogP) is 3.20. The number of hydrogen-bond donors (Lipinski definition) is 5. The van der Waals surface area contributed by atoms with E-state index in [1.54, 1.807) is 24.6 Å². The van der Waals surface area contributed by atoms with Gasteiger partial charge in [0.1, 0.15) is 0 Å². The van der Waals surface area contributed by atoms with Crippen molar-refractivity contribution in [2.75, 3.05) is 0 Å². The van der Waals surface area contributed by atoms with E-state index >= 15 is 0 Å². The number of hydrazine groups is 1. The normalized spacial score (nSPS) is 16.2. The molecule has 0 saturated carbocycles. The van der Waals surface area contributed by atoms with Gasteiger partial charge in [0, 0.05) is 0 Å². The molecule has 0 aliphatic rings. The minimum Gasteiger partial charge on any atom is -0.322 e. The van der Waals surface area contributed by atoms with Gasteiger partial charge in [-0.1, -0.05) is 83.0 Å². The highest BCUT2D eigenvalue weighted by Crippen LogP contribution is 2.46. The lowest BCUT2D eigenvalue weighted by Gasteiger charge is -2.42. The Balaban J connectivity index is 3.96. The Morgan fingerprint density at radius 2 is 1.65 bits per heavy atom. The van der Waals surface area contributed by atoms with Crippen molar-refractivity contribution in [2.24, 2.45) is 40.7 Å². The maximum absolute atomic E-state index is 13.9. The standard InChI is InChI=1S/C26H42N4O4/c1-6-19(7-2)16-26(23(31)18(5)27,14-13-20-11-9-8-10-12-20)22(25(33)30-34)21(15-17(3)4)24(32)29-28/h8-14,17-19,21-22,34H,6-7,15-16,27-28H2,1-5H3,(H,29,32)(H,30,33)/b14-13+/t18-,21-,22-,26?/m1/s1. The Hall–Kier alpha value is -2.55. The van der Waals surface area contributed by atoms with Gasteiger partial charge in [-0.15, -0.1) is 0 Å². The molecule has 0 spiro atoms. The molecule has 0 fully saturated rings. The van der Waals surface area contributed by atoms with E-state index in [4.69, 9.17) is 11.6 Å². The van der Waals surface area contributed by atoms with E-state index < -0.39 is 35.1 Å². The first kappa shape index (κ1) is 29.5. The van der Waals surface area contributed by atoms with Gasteiger partial charge in [0.15, 0.2) is 5.78 Å². The highest BCUT2D eigenvalue weighted by molar-refractivity contribution is 5.99. The number of amides is 2. The van der Waals surface area contributed by atoms with Crippen molar-refractivity contribution in [1.29, 1.82) is 0 Å². The fourth-order valence-electron chi connectivity index (χ4n) is 4.78. The number of carbonyl (C=O) groups excluding carboxylic acids is 3. The molecule has 0 aromatic heterocycles. The zero-order valence-electron chi connectivity index (χ0n) is 21.1. The molecular formula is C26H42N4O4. The molecule has 2 amide bonds. The van der Waals surface area contributed by atoms with Crippen LogP contribution in [0.5, 0.6) is 0 Å². The lowest BCUT2D eigenvalue weighted by Crippen LogP contribution is -2.56. The predicted molar refractivity (Wildman–Crippen MR) is 134 cm³/mol. The van der Waals surface area contributed by atoms with Crippen LogP contribution in [0.15, 0.2) is 36.4 Å². The molecule has 4 atom stereocenters. The zero-order chi connectivity index (χ0) is 25.9. The Bertz CT molecular complexity index is 821. The van der Waals surface area contributed by atoms with Crippen LogP contribution in [0.4, 0.5) is 0 Å². The number of Topliss-reactive ketones (excluding diaryl/α,β-unsaturated/α-hetero) is 1. The number of nitrogens with one attached hydrogen (secondary N) is 2. The van der Waals surface area contributed by atoms with Crippen molar-refractivity contribution in [1.82, 2.24) is 10.9 Å². The second-order valence-electron chi connectivity index (χ2n) is 9.52. The van der Waals surface area contributed by atoms with Crippen LogP contribution in [0.25, 0.3) is 6.08 Å². The third-order valence-corrected chi connectivity index (χ3v) is 6.58. The van der Waals surface area contributed by atoms with Crippen LogP contribution in [0, 0.1) is 29.1 Å². The molecule has 0 bridgehead atoms. The molecule has 1 rings (SSSR count). The Morgan fingerprint density at radius 1 is 1.06 bits per heavy atom. The molecule has 0 saturated heterocycles. The summed E-state index contributed by atoms with van der Waals surface area (Å²) in [5, 5.41) is 9.73. The molecule has 190 valence electrons. The molecule has 0 radical (unpaired) electrons. The average molecular weight is 475 g/mol. The quantitative estimate of drug-likeness (QED) is 0.121. The molecule has 8 heteroatoms. The van der Waals surface area contributed by atoms with Gasteiger partial charge < -0.3 is 5.73 Å². The van der Waals surface area contributed by atoms with E-state index in [0.717, 1.165) is 18.4 Å². The molecule has 7 N–H and O–H groups in total. The van der Waals surface area contributed by atoms with Crippen LogP contribution in [-0.4, -0.2) is 28.8 Å². The summed E-state index contributed by atoms with van der Waals surface area (Å²) < 4.78 is 0. The number of benzene rings is 1. The van der Waals surface area contributed by atoms with Gasteiger partial charge >= 0.3 is 0 Å². The summed E-state index contributed by atoms with van der Waals surface area (Å²) in [5.41, 5.74) is 9.40. The summed E-state index contributed by atoms with van der Waals surface area (Å²) in [5.74, 6) is 1.68. The van der Waals surface area contributed by atoms with Gasteiger partial charge in [-0.3, -0.25) is 25.0 Å². The number of hydrogen-bond acceptors (Lipinski definition) is 6. The van der Waals surface area contributed by atoms with Crippen LogP contribution < -0.4 is 22.5 Å². The molecule has 0 heterocycles. The molecular weight excluding hydrogens is 432 g/mol. The summed E-state index contributed by atoms with van der Waals surface area (Å²) >= 11 is 0. The highest BCUT2D eigenvalue weighted by Gasteiger charge is 2.53. The third-order valence-electron chi connectivity index (χ3n) is 6.58. The summed E-state index contributed by atoms with van der Waals surface area (Å²) in [4.78, 5) is 40.2. The van der Waals surface area contributed by atoms with Gasteiger partial charge in [-0.05, 0) is 37.2 Å². The SMILES string of the molecule is CCC(CC)CC(/C=C/c1ccccc1)(C(=O)[C@@H](C)N)[C@@H](C(=O)NO)[C@@H](CC(C)C)C(=O)NN. The van der Waals surface area contributed by atoms with Gasteiger partial charge in [-0.2, -0.15) is 0 Å². The van der Waals surface area contributed by atoms with Gasteiger partial charge in [-0.25, -0.2) is 11.3 Å². The molecule has 34 heavy (non-hydrogen) atoms. The maximum atomic E-state index is 13.9. The maximum Gasteiger partial charge on any atom is 0.248 e. The van der Waals surface area contributed by atoms with Crippen molar-refractivity contribution < 1.29 is 19.6 Å². The molecule has 1 aromatic carbocycles. The van der Waals surface area contributed by atoms with Gasteiger partial charge in [0.05, 0.1) is 23.3 Å². The van der Waals surface area contributed by atoms with E-state index in [-0.39, 0.29) is 24.0 Å². The first-order valence-corrected chi connectivity index (χ1v) is 12.1. The molecule has 1 aromatic rings. The lowest BCUT2D eigenvalue weighted by molar-refractivity contribution is -0.151. The highest BCUT2D eigenvalue weighted by atomic mass is 16.5. The first-order chi connectivity index (χ1) is 16.1. The van der Waals surface area contributed by atoms with Crippen LogP contribution in [-0.2, 0) is 14.4 Å². The fraction of sp³-hybridized carbons (Fsp3) is 0.577. The first-order valence-electron chi connectivity index (χ1n) is 12.1. The zero-order valence-corrected chi connectivity index (χ0v) is 21.1. The number of rotatable bonds is 14. The second kappa shape index (κ2) is 14.0. The molecule has 0 aliphatic heterocycles. The number of ketones is 1. The number of carbonyl (C=O) groups is 3. The Morgan fingerprint density at radius 3 is 2.09 bits per heavy atom. The molecule has 1 unspecified atom stereocenters. The summed E-state index contributed by atoms with van der Waals surface area (Å²) in [6.07, 6.45) is 5.63. The van der Waals surface area contributed by atoms with E-state index in [1.165, 1.54) is 0 Å². The Labute approximate surface area is 203 Å². The van der Waals surface area contributed by atoms with Crippen molar-refractivity contribution in [3.8, 4) is 0 Å². The van der Waals surface area contributed by atoms with Crippen LogP contribution in [0.2, 0.25) is 0 Å². The minimum atomic E-state index is -1.44. The van der Waals surface area contributed by atoms with E-state index in [2.05, 4.69) is 5.43 Å². The average Bonchev–Trinajstić information content (AvgIpc) is 2.83. The van der Waals surface area contributed by atoms with Gasteiger partial charge in [0.2, 0.25) is 11.8 Å². The number of hydroxylamine groups is 1. The summed E-state index contributed by atoms with van der Waals surface area (Å²) in [6, 6.07) is 8.49. The second-order valence-corrected chi connectivity index (χ2v) is 9.52. The van der Waals surface area contributed by atoms with Crippen LogP contribution in [0.1, 0.15) is 65.9 Å². The van der Waals surface area contributed by atoms with Gasteiger partial charge in [0.25, 0.3) is 0 Å². The minimum absolute atomic E-state index is 0.0191. The van der Waals surface area contributed by atoms with E-state index in [9.17, 15) is 19.6 Å². The Kier molecular flexibility index (Phi) is 12.1. The van der Waals surface area contributed by atoms with E-state index in [1.807, 2.05) is 58.0 Å². The van der Waals surface area contributed by atoms with Crippen molar-refractivity contribution >= 4 is 23.7 Å². The van der Waals surface area contributed by atoms with Crippen LogP contribution >= 0.6 is 0 Å². The summed E-state index contributed by atoms with van der Waals surface area (Å²) in [7, 11) is 0. The fourth-order valence-corrected chi connectivity index (χ4v) is 4.78. The molecule has 8 nitrogen and oxygen atoms in total. The smallest absolute Gasteiger partial charge is 0.248 e. The number of nitrogens with two attached hydrogens (primary N) is 2. The van der Waals surface area contributed by atoms with E-state index in [0.29, 0.717) is 6.42 Å². The third kappa shape index (κ3) is 7.48. The molecule has 0 aliphatic carbocycles. The lowest BCUT2D eigenvalue weighted by atomic mass is 9.59. The number of allylic oxidation sites excluding steroid dienone is 1. The topological polar surface area (TPSA) is 148 Å². The van der Waals surface area contributed by atoms with Crippen molar-refractivity contribution in [3.63, 3.8) is 0 Å². The van der Waals surface area contributed by atoms with Crippen molar-refractivity contribution in [3.05, 3.63) is 42.0 Å². The monoisotopic (exact) mass is 474 g/mol.